The second-order valence-corrected chi connectivity index (χ2v) is 5.61. The number of nitrogens with zero attached hydrogens (tertiary/aromatic N) is 3. The number of halogens is 1. The molecule has 0 amide bonds. The molecule has 0 spiro atoms. The van der Waals surface area contributed by atoms with Crippen molar-refractivity contribution in [3.63, 3.8) is 0 Å². The normalized spacial score (nSPS) is 12.5. The number of aromatic amines is 1. The van der Waals surface area contributed by atoms with Gasteiger partial charge in [0, 0.05) is 17.0 Å². The van der Waals surface area contributed by atoms with Crippen LogP contribution in [0.15, 0.2) is 35.7 Å². The molecule has 108 valence electrons. The number of hydrogen-bond acceptors (Lipinski definition) is 5. The molecule has 0 aliphatic rings. The van der Waals surface area contributed by atoms with Crippen LogP contribution < -0.4 is 5.32 Å². The lowest BCUT2D eigenvalue weighted by Crippen LogP contribution is -2.19. The Morgan fingerprint density at radius 2 is 2.29 bits per heavy atom. The quantitative estimate of drug-likeness (QED) is 0.760. The van der Waals surface area contributed by atoms with E-state index >= 15 is 0 Å². The van der Waals surface area contributed by atoms with E-state index < -0.39 is 0 Å². The van der Waals surface area contributed by atoms with Crippen LogP contribution in [-0.4, -0.2) is 20.6 Å². The fourth-order valence-electron chi connectivity index (χ4n) is 2.02. The average molecular weight is 303 g/mol. The Hall–Kier alpha value is -2.12. The van der Waals surface area contributed by atoms with E-state index in [9.17, 15) is 4.39 Å². The first-order chi connectivity index (χ1) is 10.2. The van der Waals surface area contributed by atoms with Crippen LogP contribution in [0.25, 0.3) is 10.4 Å². The van der Waals surface area contributed by atoms with Crippen molar-refractivity contribution >= 4 is 11.3 Å². The second kappa shape index (κ2) is 6.11. The number of thiophene rings is 1. The predicted octanol–water partition coefficient (Wildman–Crippen LogP) is 2.92. The number of tetrazole rings is 1. The molecular weight excluding hydrogens is 289 g/mol. The molecule has 0 aliphatic heterocycles. The summed E-state index contributed by atoms with van der Waals surface area (Å²) in [6.07, 6.45) is 0. The summed E-state index contributed by atoms with van der Waals surface area (Å²) in [5, 5.41) is 19.1. The van der Waals surface area contributed by atoms with Crippen molar-refractivity contribution in [1.29, 1.82) is 0 Å². The van der Waals surface area contributed by atoms with E-state index in [0.717, 1.165) is 10.4 Å². The smallest absolute Gasteiger partial charge is 0.191 e. The topological polar surface area (TPSA) is 66.5 Å². The Morgan fingerprint density at radius 3 is 3.00 bits per heavy atom. The first-order valence-electron chi connectivity index (χ1n) is 6.53. The van der Waals surface area contributed by atoms with Gasteiger partial charge in [-0.2, -0.15) is 5.21 Å². The molecule has 3 aromatic rings. The van der Waals surface area contributed by atoms with Crippen molar-refractivity contribution in [2.75, 3.05) is 0 Å². The zero-order valence-corrected chi connectivity index (χ0v) is 12.2. The number of nitrogens with one attached hydrogen (secondary N) is 2. The van der Waals surface area contributed by atoms with Crippen LogP contribution in [0.3, 0.4) is 0 Å². The van der Waals surface area contributed by atoms with Gasteiger partial charge in [0.15, 0.2) is 5.82 Å². The Bertz CT molecular complexity index is 696. The lowest BCUT2D eigenvalue weighted by molar-refractivity contribution is 0.546. The fraction of sp³-hybridized carbons (Fsp3) is 0.214. The van der Waals surface area contributed by atoms with Gasteiger partial charge < -0.3 is 5.32 Å². The van der Waals surface area contributed by atoms with Gasteiger partial charge in [-0.05, 0) is 36.1 Å². The van der Waals surface area contributed by atoms with E-state index in [4.69, 9.17) is 0 Å². The second-order valence-electron chi connectivity index (χ2n) is 4.66. The molecule has 0 radical (unpaired) electrons. The average Bonchev–Trinajstić information content (AvgIpc) is 3.19. The van der Waals surface area contributed by atoms with Crippen LogP contribution in [-0.2, 0) is 6.54 Å². The third-order valence-corrected chi connectivity index (χ3v) is 4.08. The van der Waals surface area contributed by atoms with Gasteiger partial charge in [-0.3, -0.25) is 0 Å². The van der Waals surface area contributed by atoms with Crippen molar-refractivity contribution in [2.45, 2.75) is 19.5 Å². The van der Waals surface area contributed by atoms with Crippen molar-refractivity contribution in [1.82, 2.24) is 25.9 Å². The number of benzene rings is 1. The highest BCUT2D eigenvalue weighted by atomic mass is 32.1. The third-order valence-electron chi connectivity index (χ3n) is 3.18. The molecule has 2 aromatic heterocycles. The van der Waals surface area contributed by atoms with Crippen LogP contribution in [0.5, 0.6) is 0 Å². The number of rotatable bonds is 5. The van der Waals surface area contributed by atoms with E-state index in [-0.39, 0.29) is 11.9 Å². The van der Waals surface area contributed by atoms with Crippen LogP contribution in [0.1, 0.15) is 24.4 Å². The molecule has 0 bridgehead atoms. The van der Waals surface area contributed by atoms with E-state index in [1.165, 1.54) is 17.4 Å². The summed E-state index contributed by atoms with van der Waals surface area (Å²) in [6.45, 7) is 2.56. The minimum atomic E-state index is -0.201. The van der Waals surface area contributed by atoms with Gasteiger partial charge in [-0.1, -0.05) is 17.3 Å². The van der Waals surface area contributed by atoms with Gasteiger partial charge >= 0.3 is 0 Å². The lowest BCUT2D eigenvalue weighted by atomic mass is 10.1. The molecule has 0 aliphatic carbocycles. The zero-order chi connectivity index (χ0) is 14.7. The zero-order valence-electron chi connectivity index (χ0n) is 11.4. The number of hydrogen-bond donors (Lipinski definition) is 2. The third kappa shape index (κ3) is 3.14. The summed E-state index contributed by atoms with van der Waals surface area (Å²) in [7, 11) is 0. The van der Waals surface area contributed by atoms with Gasteiger partial charge in [-0.25, -0.2) is 4.39 Å². The van der Waals surface area contributed by atoms with E-state index in [1.807, 2.05) is 30.5 Å². The molecule has 2 N–H and O–H groups in total. The lowest BCUT2D eigenvalue weighted by Gasteiger charge is -2.11. The monoisotopic (exact) mass is 303 g/mol. The molecule has 2 heterocycles. The summed E-state index contributed by atoms with van der Waals surface area (Å²) < 4.78 is 13.9. The predicted molar refractivity (Wildman–Crippen MR) is 79.1 cm³/mol. The molecule has 0 saturated heterocycles. The molecule has 5 nitrogen and oxygen atoms in total. The Morgan fingerprint density at radius 1 is 1.38 bits per heavy atom. The highest BCUT2D eigenvalue weighted by molar-refractivity contribution is 7.13. The standard InChI is InChI=1S/C14H14FN5S/c1-9(14-17-19-20-18-14)16-8-10-4-5-12(15)11(7-10)13-3-2-6-21-13/h2-7,9,16H,8H2,1H3,(H,17,18,19,20). The van der Waals surface area contributed by atoms with Crippen LogP contribution in [0.4, 0.5) is 4.39 Å². The number of H-pyrrole nitrogens is 1. The van der Waals surface area contributed by atoms with Crippen molar-refractivity contribution in [3.8, 4) is 10.4 Å². The molecule has 1 unspecified atom stereocenters. The van der Waals surface area contributed by atoms with Crippen LogP contribution in [0.2, 0.25) is 0 Å². The molecule has 3 rings (SSSR count). The Labute approximate surface area is 125 Å². The minimum absolute atomic E-state index is 0.0287. The fourth-order valence-corrected chi connectivity index (χ4v) is 2.76. The first-order valence-corrected chi connectivity index (χ1v) is 7.41. The summed E-state index contributed by atoms with van der Waals surface area (Å²) >= 11 is 1.53. The molecular formula is C14H14FN5S. The molecule has 7 heteroatoms. The van der Waals surface area contributed by atoms with E-state index in [2.05, 4.69) is 25.9 Å². The molecule has 0 fully saturated rings. The molecule has 1 atom stereocenters. The molecule has 0 saturated carbocycles. The van der Waals surface area contributed by atoms with Crippen LogP contribution in [0, 0.1) is 5.82 Å². The summed E-state index contributed by atoms with van der Waals surface area (Å²) in [5.41, 5.74) is 1.65. The van der Waals surface area contributed by atoms with Crippen molar-refractivity contribution in [3.05, 3.63) is 52.9 Å². The highest BCUT2D eigenvalue weighted by Crippen LogP contribution is 2.28. The summed E-state index contributed by atoms with van der Waals surface area (Å²) in [5.74, 6) is 0.406. The molecule has 21 heavy (non-hydrogen) atoms. The first kappa shape index (κ1) is 13.8. The highest BCUT2D eigenvalue weighted by Gasteiger charge is 2.11. The van der Waals surface area contributed by atoms with Gasteiger partial charge in [0.1, 0.15) is 5.82 Å². The van der Waals surface area contributed by atoms with Gasteiger partial charge in [0.25, 0.3) is 0 Å². The largest absolute Gasteiger partial charge is 0.303 e. The van der Waals surface area contributed by atoms with Crippen molar-refractivity contribution < 1.29 is 4.39 Å². The summed E-state index contributed by atoms with van der Waals surface area (Å²) in [4.78, 5) is 0.931. The van der Waals surface area contributed by atoms with Gasteiger partial charge in [0.05, 0.1) is 6.04 Å². The van der Waals surface area contributed by atoms with E-state index in [0.29, 0.717) is 17.9 Å². The maximum atomic E-state index is 13.9. The maximum Gasteiger partial charge on any atom is 0.191 e. The summed E-state index contributed by atoms with van der Waals surface area (Å²) in [6, 6.07) is 8.97. The van der Waals surface area contributed by atoms with Crippen molar-refractivity contribution in [2.24, 2.45) is 0 Å². The maximum absolute atomic E-state index is 13.9. The Balaban J connectivity index is 1.73. The SMILES string of the molecule is CC(NCc1ccc(F)c(-c2cccs2)c1)c1nn[nH]n1. The Kier molecular flexibility index (Phi) is 4.03. The van der Waals surface area contributed by atoms with Gasteiger partial charge in [0.2, 0.25) is 0 Å². The molecule has 1 aromatic carbocycles. The van der Waals surface area contributed by atoms with Crippen LogP contribution >= 0.6 is 11.3 Å². The number of aromatic nitrogens is 4. The van der Waals surface area contributed by atoms with E-state index in [1.54, 1.807) is 6.07 Å². The van der Waals surface area contributed by atoms with Gasteiger partial charge in [-0.15, -0.1) is 21.5 Å². The minimum Gasteiger partial charge on any atom is -0.303 e.